The van der Waals surface area contributed by atoms with E-state index in [1.165, 1.54) is 220 Å². The molecule has 0 heterocycles. The highest BCUT2D eigenvalue weighted by molar-refractivity contribution is 6.26. The summed E-state index contributed by atoms with van der Waals surface area (Å²) in [6, 6.07) is 189. The molecule has 0 saturated heterocycles. The summed E-state index contributed by atoms with van der Waals surface area (Å²) in [4.78, 5) is 0. The van der Waals surface area contributed by atoms with E-state index >= 15 is 0 Å². The van der Waals surface area contributed by atoms with Gasteiger partial charge in [0.1, 0.15) is 0 Å². The number of hydrogen-bond donors (Lipinski definition) is 0. The largest absolute Gasteiger partial charge is 0.0622 e. The SMILES string of the molecule is c1ccc(-c2ccc(-c3c4ccccc4c(-c4ccc(-c5ccccc5)cc4-c4ccccc4)c4ccccc34)c(-c3ccccc3)c2)cc1.c1ccc(-c2cccc(-c3c4ccccc4c(-c4cccc(-c5ccccc5)c4)c4ccccc34)c2)cc1.c1ccc(-c2ccccc2-c2c3ccccc3c(-c3ccccc3-c3ccccc3)c3ccccc23)cc1. The summed E-state index contributed by atoms with van der Waals surface area (Å²) in [5, 5.41) is 15.2. The lowest BCUT2D eigenvalue weighted by molar-refractivity contribution is 1.57. The van der Waals surface area contributed by atoms with Gasteiger partial charge in [0.05, 0.1) is 0 Å². The minimum atomic E-state index is 1.21. The van der Waals surface area contributed by atoms with Gasteiger partial charge >= 0.3 is 0 Å². The lowest BCUT2D eigenvalue weighted by atomic mass is 9.81. The Labute approximate surface area is 736 Å². The van der Waals surface area contributed by atoms with Gasteiger partial charge in [-0.1, -0.05) is 497 Å². The van der Waals surface area contributed by atoms with Crippen LogP contribution in [-0.4, -0.2) is 0 Å². The van der Waals surface area contributed by atoms with Gasteiger partial charge in [0, 0.05) is 0 Å². The van der Waals surface area contributed by atoms with Gasteiger partial charge < -0.3 is 0 Å². The van der Waals surface area contributed by atoms with Crippen LogP contribution in [0.15, 0.2) is 522 Å². The minimum absolute atomic E-state index is 1.21. The van der Waals surface area contributed by atoms with Crippen LogP contribution in [0.4, 0.5) is 0 Å². The van der Waals surface area contributed by atoms with Gasteiger partial charge in [-0.25, -0.2) is 0 Å². The lowest BCUT2D eigenvalue weighted by Crippen LogP contribution is -1.95. The first-order chi connectivity index (χ1) is 62.6. The van der Waals surface area contributed by atoms with Crippen LogP contribution in [0.25, 0.3) is 220 Å². The lowest BCUT2D eigenvalue weighted by Gasteiger charge is -2.22. The molecule has 0 heteroatoms. The fourth-order valence-corrected chi connectivity index (χ4v) is 19.1. The van der Waals surface area contributed by atoms with Crippen LogP contribution in [0.5, 0.6) is 0 Å². The van der Waals surface area contributed by atoms with E-state index in [-0.39, 0.29) is 0 Å². The fourth-order valence-electron chi connectivity index (χ4n) is 19.1. The second-order valence-electron chi connectivity index (χ2n) is 32.2. The van der Waals surface area contributed by atoms with Crippen molar-refractivity contribution in [3.8, 4) is 156 Å². The van der Waals surface area contributed by atoms with E-state index in [4.69, 9.17) is 0 Å². The molecule has 0 saturated carbocycles. The highest BCUT2D eigenvalue weighted by Crippen LogP contribution is 2.53. The molecular formula is C126H86. The first-order valence-electron chi connectivity index (χ1n) is 43.5. The maximum absolute atomic E-state index is 2.37. The van der Waals surface area contributed by atoms with Crippen molar-refractivity contribution < 1.29 is 0 Å². The number of rotatable bonds is 14. The summed E-state index contributed by atoms with van der Waals surface area (Å²) in [6.07, 6.45) is 0. The van der Waals surface area contributed by atoms with Crippen LogP contribution in [-0.2, 0) is 0 Å². The Balaban J connectivity index is 0.000000117. The van der Waals surface area contributed by atoms with Gasteiger partial charge in [-0.2, -0.15) is 0 Å². The van der Waals surface area contributed by atoms with Crippen LogP contribution in [0, 0.1) is 0 Å². The van der Waals surface area contributed by atoms with Crippen LogP contribution in [0.3, 0.4) is 0 Å². The zero-order valence-electron chi connectivity index (χ0n) is 69.7. The number of fused-ring (bicyclic) bond motifs is 6. The molecule has 0 N–H and O–H groups in total. The van der Waals surface area contributed by atoms with Gasteiger partial charge in [-0.3, -0.25) is 0 Å². The molecule has 0 aromatic heterocycles. The zero-order chi connectivity index (χ0) is 83.9. The minimum Gasteiger partial charge on any atom is -0.0622 e. The van der Waals surface area contributed by atoms with Crippen molar-refractivity contribution in [3.63, 3.8) is 0 Å². The molecule has 23 rings (SSSR count). The molecule has 0 bridgehead atoms. The second-order valence-corrected chi connectivity index (χ2v) is 32.2. The average Bonchev–Trinajstić information content (AvgIpc) is 0.772. The number of benzene rings is 23. The summed E-state index contributed by atoms with van der Waals surface area (Å²) in [5.41, 5.74) is 34.8. The highest BCUT2D eigenvalue weighted by atomic mass is 14.3. The van der Waals surface area contributed by atoms with Crippen LogP contribution in [0.1, 0.15) is 0 Å². The topological polar surface area (TPSA) is 0 Å². The van der Waals surface area contributed by atoms with E-state index in [0.29, 0.717) is 0 Å². The standard InChI is InChI=1S/C50H34.2C38H26/c1-5-17-35(18-6-1)39-29-31-45(47(33-39)37-21-9-3-10-22-37)49-41-25-13-15-27-43(41)50(44-28-16-14-26-42(44)49)46-32-30-40(36-19-7-2-8-20-36)34-48(46)38-23-11-4-12-24-38;1-3-15-27(16-4-1)29-19-7-9-21-31(29)37-33-23-11-13-25-35(33)38(36-26-14-12-24-34(36)37)32-22-10-8-20-30(32)28-17-5-2-6-18-28;1-3-13-27(14-4-1)29-17-11-19-31(25-29)37-33-21-7-9-23-35(33)38(36-24-10-8-22-34(36)37)32-20-12-18-30(26-32)28-15-5-2-6-16-28/h1-34H;2*1-26H. The Morgan fingerprint density at radius 3 is 0.468 bits per heavy atom. The van der Waals surface area contributed by atoms with E-state index < -0.39 is 0 Å². The molecule has 23 aromatic carbocycles. The van der Waals surface area contributed by atoms with Crippen LogP contribution in [0.2, 0.25) is 0 Å². The molecule has 0 spiro atoms. The van der Waals surface area contributed by atoms with Gasteiger partial charge in [-0.15, -0.1) is 0 Å². The number of hydrogen-bond acceptors (Lipinski definition) is 0. The Morgan fingerprint density at radius 2 is 0.230 bits per heavy atom. The molecule has 0 aliphatic rings. The average molecular weight is 1600 g/mol. The monoisotopic (exact) mass is 1600 g/mol. The molecule has 0 amide bonds. The third kappa shape index (κ3) is 15.0. The third-order valence-electron chi connectivity index (χ3n) is 24.8. The van der Waals surface area contributed by atoms with Gasteiger partial charge in [0.2, 0.25) is 0 Å². The van der Waals surface area contributed by atoms with E-state index in [1.807, 2.05) is 0 Å². The van der Waals surface area contributed by atoms with Crippen molar-refractivity contribution in [1.29, 1.82) is 0 Å². The summed E-state index contributed by atoms with van der Waals surface area (Å²) in [7, 11) is 0. The van der Waals surface area contributed by atoms with Gasteiger partial charge in [0.15, 0.2) is 0 Å². The highest BCUT2D eigenvalue weighted by Gasteiger charge is 2.25. The molecule has 0 nitrogen and oxygen atoms in total. The molecule has 0 fully saturated rings. The van der Waals surface area contributed by atoms with Crippen molar-refractivity contribution >= 4 is 64.6 Å². The maximum Gasteiger partial charge on any atom is -0.00201 e. The second kappa shape index (κ2) is 35.0. The van der Waals surface area contributed by atoms with Crippen LogP contribution < -0.4 is 0 Å². The van der Waals surface area contributed by atoms with E-state index in [0.717, 1.165) is 0 Å². The van der Waals surface area contributed by atoms with Crippen LogP contribution >= 0.6 is 0 Å². The van der Waals surface area contributed by atoms with Crippen molar-refractivity contribution in [1.82, 2.24) is 0 Å². The van der Waals surface area contributed by atoms with Crippen molar-refractivity contribution in [2.45, 2.75) is 0 Å². The fraction of sp³-hybridized carbons (Fsp3) is 0. The van der Waals surface area contributed by atoms with Gasteiger partial charge in [-0.05, 0) is 245 Å². The van der Waals surface area contributed by atoms with Crippen molar-refractivity contribution in [2.24, 2.45) is 0 Å². The third-order valence-corrected chi connectivity index (χ3v) is 24.8. The summed E-state index contributed by atoms with van der Waals surface area (Å²) >= 11 is 0. The van der Waals surface area contributed by atoms with Crippen molar-refractivity contribution in [3.05, 3.63) is 522 Å². The molecule has 590 valence electrons. The smallest absolute Gasteiger partial charge is 0.00201 e. The Kier molecular flexibility index (Phi) is 21.4. The predicted molar refractivity (Wildman–Crippen MR) is 540 cm³/mol. The van der Waals surface area contributed by atoms with E-state index in [9.17, 15) is 0 Å². The molecule has 0 aliphatic carbocycles. The summed E-state index contributed by atoms with van der Waals surface area (Å²) in [6.45, 7) is 0. The normalized spacial score (nSPS) is 11.2. The molecule has 23 aromatic rings. The molecule has 0 unspecified atom stereocenters. The summed E-state index contributed by atoms with van der Waals surface area (Å²) in [5.74, 6) is 0. The van der Waals surface area contributed by atoms with E-state index in [2.05, 4.69) is 522 Å². The summed E-state index contributed by atoms with van der Waals surface area (Å²) < 4.78 is 0. The molecule has 126 heavy (non-hydrogen) atoms. The quantitative estimate of drug-likeness (QED) is 0.0952. The first-order valence-corrected chi connectivity index (χ1v) is 43.5. The Bertz CT molecular complexity index is 7240. The van der Waals surface area contributed by atoms with E-state index in [1.54, 1.807) is 0 Å². The predicted octanol–water partition coefficient (Wildman–Crippen LogP) is 35.3. The zero-order valence-corrected chi connectivity index (χ0v) is 69.7. The molecule has 0 radical (unpaired) electrons. The van der Waals surface area contributed by atoms with Crippen molar-refractivity contribution in [2.75, 3.05) is 0 Å². The van der Waals surface area contributed by atoms with Gasteiger partial charge in [0.25, 0.3) is 0 Å². The maximum atomic E-state index is 2.37. The molecular weight excluding hydrogens is 1510 g/mol. The first kappa shape index (κ1) is 77.0. The Hall–Kier alpha value is -16.4. The Morgan fingerprint density at radius 1 is 0.0714 bits per heavy atom. The molecule has 0 atom stereocenters. The molecule has 0 aliphatic heterocycles.